The molecule has 1 saturated carbocycles. The Morgan fingerprint density at radius 1 is 1.29 bits per heavy atom. The van der Waals surface area contributed by atoms with Crippen LogP contribution < -0.4 is 14.8 Å². The highest BCUT2D eigenvalue weighted by Gasteiger charge is 2.31. The third kappa shape index (κ3) is 3.36. The fraction of sp³-hybridized carbons (Fsp3) is 0.571. The van der Waals surface area contributed by atoms with Gasteiger partial charge in [0, 0.05) is 12.6 Å². The van der Waals surface area contributed by atoms with Crippen LogP contribution in [0.2, 0.25) is 0 Å². The first kappa shape index (κ1) is 15.4. The predicted molar refractivity (Wildman–Crippen MR) is 78.1 cm³/mol. The molecule has 0 amide bonds. The number of benzene rings is 1. The Hall–Kier alpha value is -2.02. The summed E-state index contributed by atoms with van der Waals surface area (Å²) in [6, 6.07) is 2.84. The maximum Gasteiger partial charge on any atom is 0.296 e. The molecule has 1 aliphatic rings. The zero-order valence-electron chi connectivity index (χ0n) is 12.2. The van der Waals surface area contributed by atoms with Crippen molar-refractivity contribution < 1.29 is 19.5 Å². The van der Waals surface area contributed by atoms with E-state index in [0.29, 0.717) is 30.0 Å². The Morgan fingerprint density at radius 2 is 1.86 bits per heavy atom. The summed E-state index contributed by atoms with van der Waals surface area (Å²) in [5, 5.41) is 24.5. The van der Waals surface area contributed by atoms with Crippen LogP contribution in [0.25, 0.3) is 0 Å². The van der Waals surface area contributed by atoms with Crippen molar-refractivity contribution in [3.63, 3.8) is 0 Å². The SMILES string of the molecule is COc1cc(NCC2(O)CCCC2)c([N+](=O)[O-])cc1OC. The first-order chi connectivity index (χ1) is 9.99. The molecule has 0 atom stereocenters. The van der Waals surface area contributed by atoms with Gasteiger partial charge >= 0.3 is 0 Å². The molecular weight excluding hydrogens is 276 g/mol. The first-order valence-electron chi connectivity index (χ1n) is 6.86. The normalized spacial score (nSPS) is 16.5. The fourth-order valence-corrected chi connectivity index (χ4v) is 2.63. The molecule has 7 nitrogen and oxygen atoms in total. The molecule has 7 heteroatoms. The number of nitrogens with one attached hydrogen (secondary N) is 1. The predicted octanol–water partition coefficient (Wildman–Crippen LogP) is 2.33. The van der Waals surface area contributed by atoms with Crippen LogP contribution in [0.5, 0.6) is 11.5 Å². The van der Waals surface area contributed by atoms with E-state index in [0.717, 1.165) is 12.8 Å². The summed E-state index contributed by atoms with van der Waals surface area (Å²) in [6.45, 7) is 0.281. The number of nitro groups is 1. The van der Waals surface area contributed by atoms with E-state index in [1.54, 1.807) is 0 Å². The molecule has 116 valence electrons. The van der Waals surface area contributed by atoms with Gasteiger partial charge < -0.3 is 19.9 Å². The zero-order chi connectivity index (χ0) is 15.5. The minimum atomic E-state index is -0.791. The molecule has 0 spiro atoms. The Bertz CT molecular complexity index is 526. The average molecular weight is 296 g/mol. The molecule has 0 unspecified atom stereocenters. The Kier molecular flexibility index (Phi) is 4.52. The molecule has 1 aliphatic carbocycles. The Labute approximate surface area is 123 Å². The van der Waals surface area contributed by atoms with E-state index in [4.69, 9.17) is 9.47 Å². The lowest BCUT2D eigenvalue weighted by atomic mass is 10.0. The van der Waals surface area contributed by atoms with Crippen molar-refractivity contribution in [2.45, 2.75) is 31.3 Å². The highest BCUT2D eigenvalue weighted by atomic mass is 16.6. The van der Waals surface area contributed by atoms with E-state index < -0.39 is 10.5 Å². The van der Waals surface area contributed by atoms with E-state index in [2.05, 4.69) is 5.32 Å². The van der Waals surface area contributed by atoms with E-state index in [-0.39, 0.29) is 12.2 Å². The van der Waals surface area contributed by atoms with Crippen molar-refractivity contribution >= 4 is 11.4 Å². The van der Waals surface area contributed by atoms with E-state index in [9.17, 15) is 15.2 Å². The molecule has 1 aromatic rings. The monoisotopic (exact) mass is 296 g/mol. The first-order valence-corrected chi connectivity index (χ1v) is 6.86. The van der Waals surface area contributed by atoms with Crippen LogP contribution in [0.4, 0.5) is 11.4 Å². The quantitative estimate of drug-likeness (QED) is 0.618. The minimum Gasteiger partial charge on any atom is -0.493 e. The molecule has 1 fully saturated rings. The largest absolute Gasteiger partial charge is 0.493 e. The van der Waals surface area contributed by atoms with Gasteiger partial charge in [0.25, 0.3) is 5.69 Å². The van der Waals surface area contributed by atoms with Crippen molar-refractivity contribution in [2.75, 3.05) is 26.1 Å². The molecular formula is C14H20N2O5. The van der Waals surface area contributed by atoms with E-state index >= 15 is 0 Å². The number of nitrogens with zero attached hydrogens (tertiary/aromatic N) is 1. The van der Waals surface area contributed by atoms with Crippen molar-refractivity contribution in [2.24, 2.45) is 0 Å². The average Bonchev–Trinajstić information content (AvgIpc) is 2.91. The second kappa shape index (κ2) is 6.17. The van der Waals surface area contributed by atoms with Crippen LogP contribution >= 0.6 is 0 Å². The number of nitro benzene ring substituents is 1. The highest BCUT2D eigenvalue weighted by molar-refractivity contribution is 5.68. The van der Waals surface area contributed by atoms with E-state index in [1.165, 1.54) is 26.4 Å². The van der Waals surface area contributed by atoms with Gasteiger partial charge in [0.05, 0.1) is 30.8 Å². The van der Waals surface area contributed by atoms with Crippen LogP contribution in [0.15, 0.2) is 12.1 Å². The lowest BCUT2D eigenvalue weighted by molar-refractivity contribution is -0.384. The summed E-state index contributed by atoms with van der Waals surface area (Å²) in [5.41, 5.74) is -0.576. The maximum atomic E-state index is 11.2. The van der Waals surface area contributed by atoms with Crippen molar-refractivity contribution in [1.29, 1.82) is 0 Å². The smallest absolute Gasteiger partial charge is 0.296 e. The van der Waals surface area contributed by atoms with Crippen molar-refractivity contribution in [1.82, 2.24) is 0 Å². The van der Waals surface area contributed by atoms with Crippen LogP contribution in [0, 0.1) is 10.1 Å². The van der Waals surface area contributed by atoms with Gasteiger partial charge in [-0.1, -0.05) is 12.8 Å². The molecule has 0 aliphatic heterocycles. The third-order valence-electron chi connectivity index (χ3n) is 3.84. The Balaban J connectivity index is 2.25. The molecule has 0 saturated heterocycles. The summed E-state index contributed by atoms with van der Waals surface area (Å²) in [7, 11) is 2.90. The summed E-state index contributed by atoms with van der Waals surface area (Å²) in [6.07, 6.45) is 3.38. The number of aliphatic hydroxyl groups is 1. The van der Waals surface area contributed by atoms with Crippen LogP contribution in [0.1, 0.15) is 25.7 Å². The summed E-state index contributed by atoms with van der Waals surface area (Å²) >= 11 is 0. The number of anilines is 1. The van der Waals surface area contributed by atoms with Gasteiger partial charge in [-0.05, 0) is 12.8 Å². The van der Waals surface area contributed by atoms with Gasteiger partial charge in [-0.3, -0.25) is 10.1 Å². The van der Waals surface area contributed by atoms with Gasteiger partial charge in [-0.2, -0.15) is 0 Å². The number of hydrogen-bond acceptors (Lipinski definition) is 6. The van der Waals surface area contributed by atoms with Crippen LogP contribution in [-0.4, -0.2) is 36.4 Å². The van der Waals surface area contributed by atoms with Crippen LogP contribution in [0.3, 0.4) is 0 Å². The number of methoxy groups -OCH3 is 2. The number of ether oxygens (including phenoxy) is 2. The number of hydrogen-bond donors (Lipinski definition) is 2. The summed E-state index contributed by atoms with van der Waals surface area (Å²) in [5.74, 6) is 0.707. The third-order valence-corrected chi connectivity index (χ3v) is 3.84. The Morgan fingerprint density at radius 3 is 2.38 bits per heavy atom. The molecule has 2 rings (SSSR count). The fourth-order valence-electron chi connectivity index (χ4n) is 2.63. The number of rotatable bonds is 6. The molecule has 0 aromatic heterocycles. The zero-order valence-corrected chi connectivity index (χ0v) is 12.2. The van der Waals surface area contributed by atoms with Crippen molar-refractivity contribution in [3.8, 4) is 11.5 Å². The van der Waals surface area contributed by atoms with Crippen molar-refractivity contribution in [3.05, 3.63) is 22.2 Å². The van der Waals surface area contributed by atoms with Crippen LogP contribution in [-0.2, 0) is 0 Å². The van der Waals surface area contributed by atoms with Gasteiger partial charge in [-0.15, -0.1) is 0 Å². The van der Waals surface area contributed by atoms with Gasteiger partial charge in [-0.25, -0.2) is 0 Å². The highest BCUT2D eigenvalue weighted by Crippen LogP contribution is 2.38. The molecule has 0 bridgehead atoms. The standard InChI is InChI=1S/C14H20N2O5/c1-20-12-7-10(11(16(18)19)8-13(12)21-2)15-9-14(17)5-3-4-6-14/h7-8,15,17H,3-6,9H2,1-2H3. The summed E-state index contributed by atoms with van der Waals surface area (Å²) in [4.78, 5) is 10.7. The second-order valence-corrected chi connectivity index (χ2v) is 5.27. The summed E-state index contributed by atoms with van der Waals surface area (Å²) < 4.78 is 10.2. The lowest BCUT2D eigenvalue weighted by Crippen LogP contribution is -2.33. The maximum absolute atomic E-state index is 11.2. The minimum absolute atomic E-state index is 0.103. The molecule has 1 aromatic carbocycles. The lowest BCUT2D eigenvalue weighted by Gasteiger charge is -2.23. The second-order valence-electron chi connectivity index (χ2n) is 5.27. The van der Waals surface area contributed by atoms with E-state index in [1.807, 2.05) is 0 Å². The van der Waals surface area contributed by atoms with Gasteiger partial charge in [0.15, 0.2) is 11.5 Å². The molecule has 21 heavy (non-hydrogen) atoms. The topological polar surface area (TPSA) is 93.9 Å². The molecule has 0 radical (unpaired) electrons. The van der Waals surface area contributed by atoms with Gasteiger partial charge in [0.2, 0.25) is 0 Å². The molecule has 2 N–H and O–H groups in total. The molecule has 0 heterocycles. The van der Waals surface area contributed by atoms with Gasteiger partial charge in [0.1, 0.15) is 5.69 Å².